The van der Waals surface area contributed by atoms with Crippen LogP contribution < -0.4 is 10.6 Å². The second kappa shape index (κ2) is 6.25. The molecule has 3 unspecified atom stereocenters. The van der Waals surface area contributed by atoms with Gasteiger partial charge in [-0.25, -0.2) is 0 Å². The monoisotopic (exact) mass is 272 g/mol. The van der Waals surface area contributed by atoms with E-state index in [1.54, 1.807) is 19.3 Å². The molecule has 0 radical (unpaired) electrons. The van der Waals surface area contributed by atoms with Crippen molar-refractivity contribution in [3.63, 3.8) is 0 Å². The van der Waals surface area contributed by atoms with Crippen molar-refractivity contribution in [1.82, 2.24) is 10.6 Å². The van der Waals surface area contributed by atoms with Gasteiger partial charge in [0.05, 0.1) is 11.8 Å². The molecule has 2 rings (SSSR count). The van der Waals surface area contributed by atoms with Crippen LogP contribution >= 0.6 is 12.4 Å². The lowest BCUT2D eigenvalue weighted by Crippen LogP contribution is -2.55. The molecule has 0 saturated carbocycles. The summed E-state index contributed by atoms with van der Waals surface area (Å²) in [5.74, 6) is 1.14. The van der Waals surface area contributed by atoms with E-state index in [1.165, 1.54) is 0 Å². The molecule has 0 aromatic carbocycles. The van der Waals surface area contributed by atoms with E-state index >= 15 is 0 Å². The summed E-state index contributed by atoms with van der Waals surface area (Å²) in [7, 11) is 0. The van der Waals surface area contributed by atoms with Gasteiger partial charge in [0.1, 0.15) is 5.76 Å². The van der Waals surface area contributed by atoms with Crippen molar-refractivity contribution in [1.29, 1.82) is 0 Å². The highest BCUT2D eigenvalue weighted by Gasteiger charge is 2.29. The van der Waals surface area contributed by atoms with E-state index in [4.69, 9.17) is 4.42 Å². The van der Waals surface area contributed by atoms with Crippen LogP contribution in [0.3, 0.4) is 0 Å². The molecule has 1 amide bonds. The van der Waals surface area contributed by atoms with Gasteiger partial charge >= 0.3 is 0 Å². The predicted octanol–water partition coefficient (Wildman–Crippen LogP) is 2.13. The molecule has 2 N–H and O–H groups in total. The van der Waals surface area contributed by atoms with Gasteiger partial charge in [-0.05, 0) is 38.8 Å². The molecule has 5 heteroatoms. The quantitative estimate of drug-likeness (QED) is 0.867. The minimum atomic E-state index is -0.0383. The number of carbonyl (C=O) groups is 1. The molecule has 0 aliphatic carbocycles. The summed E-state index contributed by atoms with van der Waals surface area (Å²) in [4.78, 5) is 12.1. The van der Waals surface area contributed by atoms with Gasteiger partial charge in [0.2, 0.25) is 0 Å². The highest BCUT2D eigenvalue weighted by molar-refractivity contribution is 5.95. The van der Waals surface area contributed by atoms with Crippen LogP contribution in [0.4, 0.5) is 0 Å². The Kier molecular flexibility index (Phi) is 5.23. The van der Waals surface area contributed by atoms with Crippen LogP contribution in [0.5, 0.6) is 0 Å². The van der Waals surface area contributed by atoms with E-state index in [9.17, 15) is 4.79 Å². The van der Waals surface area contributed by atoms with E-state index in [0.29, 0.717) is 23.3 Å². The first kappa shape index (κ1) is 15.1. The zero-order valence-electron chi connectivity index (χ0n) is 11.0. The second-order valence-corrected chi connectivity index (χ2v) is 4.90. The topological polar surface area (TPSA) is 54.3 Å². The number of hydrogen-bond donors (Lipinski definition) is 2. The normalized spacial score (nSPS) is 27.4. The number of piperidine rings is 1. The van der Waals surface area contributed by atoms with Gasteiger partial charge in [-0.1, -0.05) is 6.92 Å². The first-order chi connectivity index (χ1) is 8.09. The molecular formula is C13H21ClN2O2. The maximum absolute atomic E-state index is 12.1. The Balaban J connectivity index is 0.00000162. The van der Waals surface area contributed by atoms with E-state index < -0.39 is 0 Å². The lowest BCUT2D eigenvalue weighted by molar-refractivity contribution is 0.0896. The van der Waals surface area contributed by atoms with Crippen molar-refractivity contribution in [2.45, 2.75) is 39.3 Å². The van der Waals surface area contributed by atoms with Crippen LogP contribution in [-0.2, 0) is 0 Å². The molecule has 1 aliphatic rings. The number of halogens is 1. The lowest BCUT2D eigenvalue weighted by Gasteiger charge is -2.35. The van der Waals surface area contributed by atoms with Crippen molar-refractivity contribution in [2.75, 3.05) is 6.54 Å². The van der Waals surface area contributed by atoms with Gasteiger partial charge in [-0.3, -0.25) is 4.79 Å². The smallest absolute Gasteiger partial charge is 0.255 e. The number of aryl methyl sites for hydroxylation is 1. The number of furan rings is 1. The highest BCUT2D eigenvalue weighted by Crippen LogP contribution is 2.17. The Labute approximate surface area is 114 Å². The van der Waals surface area contributed by atoms with Crippen LogP contribution in [0.1, 0.15) is 36.4 Å². The van der Waals surface area contributed by atoms with Gasteiger partial charge in [0.25, 0.3) is 5.91 Å². The fourth-order valence-corrected chi connectivity index (χ4v) is 2.45. The minimum absolute atomic E-state index is 0. The maximum atomic E-state index is 12.1. The fraction of sp³-hybridized carbons (Fsp3) is 0.615. The van der Waals surface area contributed by atoms with Gasteiger partial charge < -0.3 is 15.1 Å². The average Bonchev–Trinajstić information content (AvgIpc) is 2.70. The van der Waals surface area contributed by atoms with Gasteiger partial charge in [-0.15, -0.1) is 12.4 Å². The summed E-state index contributed by atoms with van der Waals surface area (Å²) < 4.78 is 5.15. The van der Waals surface area contributed by atoms with E-state index in [0.717, 1.165) is 13.0 Å². The molecule has 102 valence electrons. The van der Waals surface area contributed by atoms with Gasteiger partial charge in [-0.2, -0.15) is 0 Å². The molecule has 1 aromatic rings. The summed E-state index contributed by atoms with van der Waals surface area (Å²) in [6.07, 6.45) is 2.65. The van der Waals surface area contributed by atoms with Crippen LogP contribution in [0, 0.1) is 12.8 Å². The molecule has 0 spiro atoms. The third-order valence-corrected chi connectivity index (χ3v) is 3.62. The molecule has 1 aliphatic heterocycles. The fourth-order valence-electron chi connectivity index (χ4n) is 2.45. The number of nitrogens with one attached hydrogen (secondary N) is 2. The lowest BCUT2D eigenvalue weighted by atomic mass is 9.89. The first-order valence-electron chi connectivity index (χ1n) is 6.18. The third kappa shape index (κ3) is 3.06. The number of carbonyl (C=O) groups excluding carboxylic acids is 1. The molecule has 1 fully saturated rings. The highest BCUT2D eigenvalue weighted by atomic mass is 35.5. The Morgan fingerprint density at radius 3 is 2.78 bits per heavy atom. The average molecular weight is 273 g/mol. The van der Waals surface area contributed by atoms with E-state index in [1.807, 2.05) is 0 Å². The van der Waals surface area contributed by atoms with Crippen molar-refractivity contribution in [2.24, 2.45) is 5.92 Å². The molecule has 1 saturated heterocycles. The minimum Gasteiger partial charge on any atom is -0.469 e. The molecule has 2 heterocycles. The SMILES string of the molecule is Cc1occc1C(=O)NC1C(C)CCNC1C.Cl. The molecule has 0 bridgehead atoms. The van der Waals surface area contributed by atoms with Gasteiger partial charge in [0.15, 0.2) is 0 Å². The van der Waals surface area contributed by atoms with E-state index in [2.05, 4.69) is 24.5 Å². The van der Waals surface area contributed by atoms with Crippen molar-refractivity contribution >= 4 is 18.3 Å². The summed E-state index contributed by atoms with van der Waals surface area (Å²) in [5, 5.41) is 6.49. The van der Waals surface area contributed by atoms with Gasteiger partial charge in [0, 0.05) is 12.1 Å². The maximum Gasteiger partial charge on any atom is 0.255 e. The number of amides is 1. The summed E-state index contributed by atoms with van der Waals surface area (Å²) in [6, 6.07) is 2.22. The van der Waals surface area contributed by atoms with Crippen LogP contribution in [-0.4, -0.2) is 24.5 Å². The molecule has 3 atom stereocenters. The first-order valence-corrected chi connectivity index (χ1v) is 6.18. The Hall–Kier alpha value is -1.00. The second-order valence-electron chi connectivity index (χ2n) is 4.90. The number of rotatable bonds is 2. The number of hydrogen-bond acceptors (Lipinski definition) is 3. The largest absolute Gasteiger partial charge is 0.469 e. The Morgan fingerprint density at radius 2 is 2.22 bits per heavy atom. The molecule has 18 heavy (non-hydrogen) atoms. The standard InChI is InChI=1S/C13H20N2O2.ClH/c1-8-4-6-14-9(2)12(8)15-13(16)11-5-7-17-10(11)3;/h5,7-9,12,14H,4,6H2,1-3H3,(H,15,16);1H. The van der Waals surface area contributed by atoms with Crippen molar-refractivity contribution in [3.05, 3.63) is 23.7 Å². The predicted molar refractivity (Wildman–Crippen MR) is 73.2 cm³/mol. The van der Waals surface area contributed by atoms with Crippen LogP contribution in [0.2, 0.25) is 0 Å². The zero-order valence-corrected chi connectivity index (χ0v) is 11.8. The summed E-state index contributed by atoms with van der Waals surface area (Å²) >= 11 is 0. The summed E-state index contributed by atoms with van der Waals surface area (Å²) in [6.45, 7) is 7.13. The third-order valence-electron chi connectivity index (χ3n) is 3.62. The molecule has 1 aromatic heterocycles. The Morgan fingerprint density at radius 1 is 1.50 bits per heavy atom. The van der Waals surface area contributed by atoms with Crippen LogP contribution in [0.15, 0.2) is 16.7 Å². The van der Waals surface area contributed by atoms with E-state index in [-0.39, 0.29) is 24.4 Å². The van der Waals surface area contributed by atoms with Crippen LogP contribution in [0.25, 0.3) is 0 Å². The van der Waals surface area contributed by atoms with Crippen molar-refractivity contribution in [3.8, 4) is 0 Å². The molecular weight excluding hydrogens is 252 g/mol. The Bertz CT molecular complexity index is 395. The summed E-state index contributed by atoms with van der Waals surface area (Å²) in [5.41, 5.74) is 0.634. The molecule has 4 nitrogen and oxygen atoms in total. The van der Waals surface area contributed by atoms with Crippen molar-refractivity contribution < 1.29 is 9.21 Å². The zero-order chi connectivity index (χ0) is 12.4.